The van der Waals surface area contributed by atoms with Crippen LogP contribution in [0.3, 0.4) is 0 Å². The number of nitrogens with zero attached hydrogens (tertiary/aromatic N) is 2. The van der Waals surface area contributed by atoms with Gasteiger partial charge in [-0.1, -0.05) is 0 Å². The van der Waals surface area contributed by atoms with E-state index in [0.717, 1.165) is 0 Å². The van der Waals surface area contributed by atoms with E-state index in [1.165, 1.54) is 9.80 Å². The maximum absolute atomic E-state index is 12.3. The van der Waals surface area contributed by atoms with Crippen LogP contribution in [-0.4, -0.2) is 77.6 Å². The Morgan fingerprint density at radius 3 is 2.35 bits per heavy atom. The van der Waals surface area contributed by atoms with Crippen molar-refractivity contribution in [1.29, 1.82) is 0 Å². The number of aliphatic hydroxyl groups is 1. The highest BCUT2D eigenvalue weighted by atomic mass is 19.3. The van der Waals surface area contributed by atoms with Gasteiger partial charge in [0.2, 0.25) is 5.91 Å². The minimum atomic E-state index is -2.56. The molecule has 0 aromatic rings. The van der Waals surface area contributed by atoms with E-state index in [9.17, 15) is 18.4 Å². The van der Waals surface area contributed by atoms with Crippen LogP contribution in [0.2, 0.25) is 0 Å². The number of carbonyl (C=O) groups excluding carboxylic acids is 1. The molecule has 6 nitrogen and oxygen atoms in total. The molecule has 20 heavy (non-hydrogen) atoms. The molecule has 1 fully saturated rings. The molecule has 0 atom stereocenters. The van der Waals surface area contributed by atoms with Crippen LogP contribution >= 0.6 is 0 Å². The van der Waals surface area contributed by atoms with Gasteiger partial charge in [-0.05, 0) is 12.8 Å². The topological polar surface area (TPSA) is 81.1 Å². The van der Waals surface area contributed by atoms with Gasteiger partial charge in [-0.3, -0.25) is 14.5 Å². The number of alkyl halides is 2. The number of halogens is 2. The second-order valence-electron chi connectivity index (χ2n) is 4.84. The first-order valence-electron chi connectivity index (χ1n) is 6.56. The summed E-state index contributed by atoms with van der Waals surface area (Å²) in [5.41, 5.74) is 0. The fraction of sp³-hybridized carbons (Fsp3) is 0.833. The Bertz CT molecular complexity index is 333. The Labute approximate surface area is 116 Å². The molecule has 0 aliphatic carbocycles. The molecule has 0 aromatic heterocycles. The van der Waals surface area contributed by atoms with E-state index in [1.807, 2.05) is 0 Å². The summed E-state index contributed by atoms with van der Waals surface area (Å²) in [6, 6.07) is 0. The Balaban J connectivity index is 2.43. The molecule has 0 saturated carbocycles. The van der Waals surface area contributed by atoms with Crippen LogP contribution in [-0.2, 0) is 9.59 Å². The number of piperidine rings is 1. The first kappa shape index (κ1) is 16.8. The number of hydrogen-bond donors (Lipinski definition) is 2. The summed E-state index contributed by atoms with van der Waals surface area (Å²) in [5.74, 6) is -1.60. The smallest absolute Gasteiger partial charge is 0.306 e. The van der Waals surface area contributed by atoms with Gasteiger partial charge in [0.05, 0.1) is 25.6 Å². The van der Waals surface area contributed by atoms with Crippen molar-refractivity contribution >= 4 is 11.9 Å². The molecule has 0 unspecified atom stereocenters. The van der Waals surface area contributed by atoms with E-state index in [2.05, 4.69) is 0 Å². The van der Waals surface area contributed by atoms with Crippen molar-refractivity contribution in [3.63, 3.8) is 0 Å². The average molecular weight is 294 g/mol. The van der Waals surface area contributed by atoms with Crippen LogP contribution in [0.1, 0.15) is 12.8 Å². The molecule has 0 spiro atoms. The number of hydrogen-bond acceptors (Lipinski definition) is 4. The molecule has 2 N–H and O–H groups in total. The van der Waals surface area contributed by atoms with Gasteiger partial charge in [0.25, 0.3) is 6.43 Å². The Morgan fingerprint density at radius 1 is 1.30 bits per heavy atom. The zero-order chi connectivity index (χ0) is 15.1. The molecule has 1 aliphatic heterocycles. The first-order chi connectivity index (χ1) is 9.43. The molecule has 1 aliphatic rings. The van der Waals surface area contributed by atoms with Crippen molar-refractivity contribution in [1.82, 2.24) is 9.80 Å². The summed E-state index contributed by atoms with van der Waals surface area (Å²) in [5, 5.41) is 17.6. The quantitative estimate of drug-likeness (QED) is 0.683. The third-order valence-electron chi connectivity index (χ3n) is 3.37. The number of likely N-dealkylation sites (tertiary alicyclic amines) is 1. The van der Waals surface area contributed by atoms with Crippen LogP contribution in [0, 0.1) is 5.92 Å². The van der Waals surface area contributed by atoms with Gasteiger partial charge in [0, 0.05) is 19.6 Å². The average Bonchev–Trinajstić information content (AvgIpc) is 2.38. The second kappa shape index (κ2) is 8.11. The Morgan fingerprint density at radius 2 is 1.90 bits per heavy atom. The van der Waals surface area contributed by atoms with Crippen LogP contribution in [0.4, 0.5) is 8.78 Å². The maximum atomic E-state index is 12.3. The van der Waals surface area contributed by atoms with Crippen molar-refractivity contribution in [2.45, 2.75) is 19.3 Å². The summed E-state index contributed by atoms with van der Waals surface area (Å²) in [4.78, 5) is 25.4. The molecular weight excluding hydrogens is 274 g/mol. The standard InChI is InChI=1S/C12H20F2N2O4/c13-10(14)7-15(5-6-17)8-11(18)16-3-1-9(2-4-16)12(19)20/h9-10,17H,1-8H2,(H,19,20). The number of carboxylic acid groups (broad SMARTS) is 1. The SMILES string of the molecule is O=C(O)C1CCN(C(=O)CN(CCO)CC(F)F)CC1. The Hall–Kier alpha value is -1.28. The lowest BCUT2D eigenvalue weighted by molar-refractivity contribution is -0.146. The number of carbonyl (C=O) groups is 2. The zero-order valence-electron chi connectivity index (χ0n) is 11.2. The molecule has 116 valence electrons. The van der Waals surface area contributed by atoms with Crippen LogP contribution < -0.4 is 0 Å². The lowest BCUT2D eigenvalue weighted by Gasteiger charge is -2.32. The highest BCUT2D eigenvalue weighted by Crippen LogP contribution is 2.17. The second-order valence-corrected chi connectivity index (χ2v) is 4.84. The van der Waals surface area contributed by atoms with E-state index >= 15 is 0 Å². The van der Waals surface area contributed by atoms with Gasteiger partial charge in [0.1, 0.15) is 0 Å². The lowest BCUT2D eigenvalue weighted by atomic mass is 9.97. The third-order valence-corrected chi connectivity index (χ3v) is 3.37. The number of aliphatic carboxylic acids is 1. The van der Waals surface area contributed by atoms with E-state index in [0.29, 0.717) is 25.9 Å². The molecule has 1 heterocycles. The third kappa shape index (κ3) is 5.38. The summed E-state index contributed by atoms with van der Waals surface area (Å²) >= 11 is 0. The summed E-state index contributed by atoms with van der Waals surface area (Å²) in [6.07, 6.45) is -1.79. The lowest BCUT2D eigenvalue weighted by Crippen LogP contribution is -2.46. The number of aliphatic hydroxyl groups excluding tert-OH is 1. The van der Waals surface area contributed by atoms with Crippen molar-refractivity contribution in [2.24, 2.45) is 5.92 Å². The summed E-state index contributed by atoms with van der Waals surface area (Å²) < 4.78 is 24.7. The predicted molar refractivity (Wildman–Crippen MR) is 66.5 cm³/mol. The molecule has 0 aromatic carbocycles. The minimum absolute atomic E-state index is 0.0155. The molecule has 8 heteroatoms. The van der Waals surface area contributed by atoms with E-state index < -0.39 is 24.9 Å². The fourth-order valence-corrected chi connectivity index (χ4v) is 2.24. The predicted octanol–water partition coefficient (Wildman–Crippen LogP) is -0.131. The minimum Gasteiger partial charge on any atom is -0.481 e. The first-order valence-corrected chi connectivity index (χ1v) is 6.56. The number of rotatable bonds is 7. The van der Waals surface area contributed by atoms with Crippen molar-refractivity contribution < 1.29 is 28.6 Å². The van der Waals surface area contributed by atoms with Crippen LogP contribution in [0.5, 0.6) is 0 Å². The van der Waals surface area contributed by atoms with Gasteiger partial charge in [-0.15, -0.1) is 0 Å². The highest BCUT2D eigenvalue weighted by molar-refractivity contribution is 5.79. The number of carboxylic acids is 1. The van der Waals surface area contributed by atoms with Gasteiger partial charge in [-0.2, -0.15) is 0 Å². The number of amides is 1. The van der Waals surface area contributed by atoms with Crippen LogP contribution in [0.15, 0.2) is 0 Å². The molecule has 0 bridgehead atoms. The monoisotopic (exact) mass is 294 g/mol. The molecule has 1 saturated heterocycles. The fourth-order valence-electron chi connectivity index (χ4n) is 2.24. The van der Waals surface area contributed by atoms with Crippen molar-refractivity contribution in [2.75, 3.05) is 39.3 Å². The maximum Gasteiger partial charge on any atom is 0.306 e. The van der Waals surface area contributed by atoms with E-state index in [1.54, 1.807) is 0 Å². The molecule has 1 rings (SSSR count). The largest absolute Gasteiger partial charge is 0.481 e. The van der Waals surface area contributed by atoms with Gasteiger partial charge in [0.15, 0.2) is 0 Å². The highest BCUT2D eigenvalue weighted by Gasteiger charge is 2.27. The Kier molecular flexibility index (Phi) is 6.80. The molecule has 1 amide bonds. The summed E-state index contributed by atoms with van der Waals surface area (Å²) in [6.45, 7) is -0.349. The molecular formula is C12H20F2N2O4. The normalized spacial score (nSPS) is 16.9. The van der Waals surface area contributed by atoms with E-state index in [4.69, 9.17) is 10.2 Å². The van der Waals surface area contributed by atoms with Crippen molar-refractivity contribution in [3.8, 4) is 0 Å². The summed E-state index contributed by atoms with van der Waals surface area (Å²) in [7, 11) is 0. The van der Waals surface area contributed by atoms with Crippen molar-refractivity contribution in [3.05, 3.63) is 0 Å². The van der Waals surface area contributed by atoms with Gasteiger partial charge in [-0.25, -0.2) is 8.78 Å². The zero-order valence-corrected chi connectivity index (χ0v) is 11.2. The van der Waals surface area contributed by atoms with Gasteiger partial charge >= 0.3 is 5.97 Å². The van der Waals surface area contributed by atoms with Gasteiger partial charge < -0.3 is 15.1 Å². The van der Waals surface area contributed by atoms with Crippen LogP contribution in [0.25, 0.3) is 0 Å². The van der Waals surface area contributed by atoms with E-state index in [-0.39, 0.29) is 25.6 Å². The molecule has 0 radical (unpaired) electrons.